The third-order valence-electron chi connectivity index (χ3n) is 2.18. The van der Waals surface area contributed by atoms with E-state index in [0.717, 1.165) is 18.5 Å². The molecular formula is C12H18N2O2. The lowest BCUT2D eigenvalue weighted by molar-refractivity contribution is -0.121. The summed E-state index contributed by atoms with van der Waals surface area (Å²) in [7, 11) is 1.64. The van der Waals surface area contributed by atoms with Gasteiger partial charge in [0.25, 0.3) is 0 Å². The van der Waals surface area contributed by atoms with Gasteiger partial charge in [-0.2, -0.15) is 0 Å². The number of hydrogen-bond acceptors (Lipinski definition) is 3. The van der Waals surface area contributed by atoms with E-state index in [0.29, 0.717) is 19.6 Å². The van der Waals surface area contributed by atoms with Gasteiger partial charge >= 0.3 is 0 Å². The summed E-state index contributed by atoms with van der Waals surface area (Å²) in [5.41, 5.74) is 1.000. The Morgan fingerprint density at radius 3 is 3.06 bits per heavy atom. The van der Waals surface area contributed by atoms with Crippen molar-refractivity contribution >= 4 is 5.91 Å². The van der Waals surface area contributed by atoms with Crippen LogP contribution in [0.5, 0.6) is 0 Å². The fraction of sp³-hybridized carbons (Fsp3) is 0.500. The molecule has 1 aromatic rings. The van der Waals surface area contributed by atoms with E-state index in [-0.39, 0.29) is 5.91 Å². The van der Waals surface area contributed by atoms with E-state index < -0.39 is 0 Å². The van der Waals surface area contributed by atoms with Gasteiger partial charge in [0.2, 0.25) is 5.91 Å². The van der Waals surface area contributed by atoms with Gasteiger partial charge in [0.1, 0.15) is 0 Å². The minimum atomic E-state index is 0.0768. The lowest BCUT2D eigenvalue weighted by Crippen LogP contribution is -2.25. The van der Waals surface area contributed by atoms with Gasteiger partial charge in [-0.05, 0) is 18.6 Å². The molecule has 0 unspecified atom stereocenters. The van der Waals surface area contributed by atoms with Crippen LogP contribution in [0, 0.1) is 0 Å². The fourth-order valence-corrected chi connectivity index (χ4v) is 1.34. The molecule has 0 aliphatic rings. The molecule has 0 aliphatic carbocycles. The van der Waals surface area contributed by atoms with E-state index in [4.69, 9.17) is 4.74 Å². The molecular weight excluding hydrogens is 204 g/mol. The Bertz CT molecular complexity index is 301. The zero-order chi connectivity index (χ0) is 11.6. The molecule has 0 aromatic carbocycles. The maximum atomic E-state index is 11.3. The standard InChI is InChI=1S/C12H18N2O2/c1-16-10-4-6-12(15)14-9-7-11-5-2-3-8-13-11/h2-3,5,8H,4,6-7,9-10H2,1H3,(H,14,15). The van der Waals surface area contributed by atoms with Gasteiger partial charge in [-0.15, -0.1) is 0 Å². The molecule has 4 nitrogen and oxygen atoms in total. The second-order valence-corrected chi connectivity index (χ2v) is 3.52. The number of pyridine rings is 1. The number of rotatable bonds is 7. The molecule has 0 radical (unpaired) electrons. The van der Waals surface area contributed by atoms with Crippen molar-refractivity contribution in [1.29, 1.82) is 0 Å². The van der Waals surface area contributed by atoms with Crippen molar-refractivity contribution in [3.8, 4) is 0 Å². The van der Waals surface area contributed by atoms with Gasteiger partial charge in [0, 0.05) is 45.0 Å². The van der Waals surface area contributed by atoms with E-state index in [1.165, 1.54) is 0 Å². The lowest BCUT2D eigenvalue weighted by atomic mass is 10.2. The van der Waals surface area contributed by atoms with Gasteiger partial charge in [-0.3, -0.25) is 9.78 Å². The van der Waals surface area contributed by atoms with Crippen molar-refractivity contribution in [3.05, 3.63) is 30.1 Å². The van der Waals surface area contributed by atoms with E-state index in [1.807, 2.05) is 18.2 Å². The topological polar surface area (TPSA) is 51.2 Å². The van der Waals surface area contributed by atoms with Crippen LogP contribution in [0.25, 0.3) is 0 Å². The molecule has 1 heterocycles. The van der Waals surface area contributed by atoms with Gasteiger partial charge in [0.05, 0.1) is 0 Å². The molecule has 1 amide bonds. The Hall–Kier alpha value is -1.42. The Balaban J connectivity index is 2.09. The Morgan fingerprint density at radius 2 is 2.38 bits per heavy atom. The molecule has 0 fully saturated rings. The molecule has 1 aromatic heterocycles. The maximum Gasteiger partial charge on any atom is 0.220 e. The highest BCUT2D eigenvalue weighted by Crippen LogP contribution is 1.94. The Labute approximate surface area is 96.0 Å². The zero-order valence-electron chi connectivity index (χ0n) is 9.61. The van der Waals surface area contributed by atoms with Crippen molar-refractivity contribution in [2.45, 2.75) is 19.3 Å². The van der Waals surface area contributed by atoms with Gasteiger partial charge in [0.15, 0.2) is 0 Å². The predicted molar refractivity (Wildman–Crippen MR) is 62.1 cm³/mol. The summed E-state index contributed by atoms with van der Waals surface area (Å²) in [6, 6.07) is 5.78. The van der Waals surface area contributed by atoms with Crippen molar-refractivity contribution in [2.75, 3.05) is 20.3 Å². The van der Waals surface area contributed by atoms with E-state index in [9.17, 15) is 4.79 Å². The Morgan fingerprint density at radius 1 is 1.50 bits per heavy atom. The van der Waals surface area contributed by atoms with Gasteiger partial charge in [-0.25, -0.2) is 0 Å². The van der Waals surface area contributed by atoms with E-state index in [1.54, 1.807) is 13.3 Å². The molecule has 0 aliphatic heterocycles. The van der Waals surface area contributed by atoms with Crippen LogP contribution in [-0.4, -0.2) is 31.2 Å². The minimum Gasteiger partial charge on any atom is -0.385 e. The second-order valence-electron chi connectivity index (χ2n) is 3.52. The summed E-state index contributed by atoms with van der Waals surface area (Å²) in [4.78, 5) is 15.5. The molecule has 1 N–H and O–H groups in total. The fourth-order valence-electron chi connectivity index (χ4n) is 1.34. The normalized spacial score (nSPS) is 10.1. The first-order valence-electron chi connectivity index (χ1n) is 5.48. The summed E-state index contributed by atoms with van der Waals surface area (Å²) in [5.74, 6) is 0.0768. The summed E-state index contributed by atoms with van der Waals surface area (Å²) in [6.45, 7) is 1.27. The first-order valence-corrected chi connectivity index (χ1v) is 5.48. The number of nitrogens with one attached hydrogen (secondary N) is 1. The summed E-state index contributed by atoms with van der Waals surface area (Å²) in [6.07, 6.45) is 3.83. The van der Waals surface area contributed by atoms with Crippen LogP contribution in [0.4, 0.5) is 0 Å². The van der Waals surface area contributed by atoms with Crippen LogP contribution < -0.4 is 5.32 Å². The highest BCUT2D eigenvalue weighted by molar-refractivity contribution is 5.75. The van der Waals surface area contributed by atoms with Crippen molar-refractivity contribution < 1.29 is 9.53 Å². The third-order valence-corrected chi connectivity index (χ3v) is 2.18. The average molecular weight is 222 g/mol. The number of ether oxygens (including phenoxy) is 1. The molecule has 0 saturated carbocycles. The van der Waals surface area contributed by atoms with Crippen molar-refractivity contribution in [2.24, 2.45) is 0 Å². The number of hydrogen-bond donors (Lipinski definition) is 1. The molecule has 1 rings (SSSR count). The maximum absolute atomic E-state index is 11.3. The monoisotopic (exact) mass is 222 g/mol. The van der Waals surface area contributed by atoms with Crippen LogP contribution in [-0.2, 0) is 16.0 Å². The highest BCUT2D eigenvalue weighted by Gasteiger charge is 2.00. The average Bonchev–Trinajstić information content (AvgIpc) is 2.31. The number of carbonyl (C=O) groups excluding carboxylic acids is 1. The number of nitrogens with zero attached hydrogens (tertiary/aromatic N) is 1. The largest absolute Gasteiger partial charge is 0.385 e. The van der Waals surface area contributed by atoms with Crippen molar-refractivity contribution in [1.82, 2.24) is 10.3 Å². The molecule has 0 saturated heterocycles. The van der Waals surface area contributed by atoms with E-state index >= 15 is 0 Å². The smallest absolute Gasteiger partial charge is 0.220 e. The minimum absolute atomic E-state index is 0.0768. The summed E-state index contributed by atoms with van der Waals surface area (Å²) in [5, 5.41) is 2.86. The summed E-state index contributed by atoms with van der Waals surface area (Å²) < 4.78 is 4.88. The van der Waals surface area contributed by atoms with Gasteiger partial charge < -0.3 is 10.1 Å². The third kappa shape index (κ3) is 5.46. The number of aromatic nitrogens is 1. The molecule has 4 heteroatoms. The number of methoxy groups -OCH3 is 1. The molecule has 0 spiro atoms. The molecule has 0 bridgehead atoms. The first kappa shape index (κ1) is 12.6. The zero-order valence-corrected chi connectivity index (χ0v) is 9.61. The lowest BCUT2D eigenvalue weighted by Gasteiger charge is -2.04. The first-order chi connectivity index (χ1) is 7.83. The van der Waals surface area contributed by atoms with Crippen molar-refractivity contribution in [3.63, 3.8) is 0 Å². The molecule has 0 atom stereocenters. The highest BCUT2D eigenvalue weighted by atomic mass is 16.5. The van der Waals surface area contributed by atoms with Crippen LogP contribution in [0.2, 0.25) is 0 Å². The Kier molecular flexibility index (Phi) is 6.18. The summed E-state index contributed by atoms with van der Waals surface area (Å²) >= 11 is 0. The predicted octanol–water partition coefficient (Wildman–Crippen LogP) is 1.17. The van der Waals surface area contributed by atoms with Crippen LogP contribution in [0.1, 0.15) is 18.5 Å². The molecule has 16 heavy (non-hydrogen) atoms. The SMILES string of the molecule is COCCCC(=O)NCCc1ccccn1. The quantitative estimate of drug-likeness (QED) is 0.704. The second kappa shape index (κ2) is 7.82. The van der Waals surface area contributed by atoms with Crippen LogP contribution in [0.3, 0.4) is 0 Å². The number of carbonyl (C=O) groups is 1. The van der Waals surface area contributed by atoms with Gasteiger partial charge in [-0.1, -0.05) is 6.07 Å². The van der Waals surface area contributed by atoms with Crippen LogP contribution in [0.15, 0.2) is 24.4 Å². The molecule has 88 valence electrons. The van der Waals surface area contributed by atoms with Crippen LogP contribution >= 0.6 is 0 Å². The van der Waals surface area contributed by atoms with E-state index in [2.05, 4.69) is 10.3 Å². The number of amides is 1.